The van der Waals surface area contributed by atoms with Crippen molar-refractivity contribution in [2.45, 2.75) is 38.9 Å². The highest BCUT2D eigenvalue weighted by Crippen LogP contribution is 2.24. The number of carbonyl (C=O) groups excluding carboxylic acids is 3. The first-order valence-electron chi connectivity index (χ1n) is 12.6. The van der Waals surface area contributed by atoms with Crippen LogP contribution in [-0.2, 0) is 14.3 Å². The fourth-order valence-electron chi connectivity index (χ4n) is 3.96. The highest BCUT2D eigenvalue weighted by Gasteiger charge is 2.39. The van der Waals surface area contributed by atoms with Gasteiger partial charge in [0.15, 0.2) is 12.2 Å². The first kappa shape index (κ1) is 31.3. The van der Waals surface area contributed by atoms with Gasteiger partial charge in [-0.1, -0.05) is 13.3 Å². The van der Waals surface area contributed by atoms with Crippen LogP contribution in [0.2, 0.25) is 0 Å². The highest BCUT2D eigenvalue weighted by atomic mass is 19.1. The summed E-state index contributed by atoms with van der Waals surface area (Å²) < 4.78 is 19.9. The van der Waals surface area contributed by atoms with Crippen molar-refractivity contribution >= 4 is 34.9 Å². The Morgan fingerprint density at radius 3 is 2.46 bits per heavy atom. The highest BCUT2D eigenvalue weighted by molar-refractivity contribution is 6.05. The standard InChI is InChI=1S/C26H32FN5O5.CH4O/c1-3-5-10-31(4-2)25(35)17-13-18(27)15-20(14-17)32-11-12-37-22(26(32)36)21(33)24(34)30-19-8-6-16(7-9-19)23(28)29;1-2/h6-9,13-15,21-22,33H,3-5,10-12H2,1-2H3,(H3,28,29)(H,30,34);2H,1H3/t21-,22-;/m1./s1. The molecule has 0 radical (unpaired) electrons. The number of amides is 3. The van der Waals surface area contributed by atoms with E-state index in [4.69, 9.17) is 21.0 Å². The third-order valence-electron chi connectivity index (χ3n) is 6.03. The molecule has 1 aliphatic rings. The summed E-state index contributed by atoms with van der Waals surface area (Å²) in [6.07, 6.45) is -1.65. The lowest BCUT2D eigenvalue weighted by atomic mass is 10.1. The van der Waals surface area contributed by atoms with Crippen LogP contribution in [0.4, 0.5) is 15.8 Å². The van der Waals surface area contributed by atoms with Gasteiger partial charge in [0.1, 0.15) is 11.7 Å². The molecule has 1 aliphatic heterocycles. The molecule has 0 bridgehead atoms. The minimum Gasteiger partial charge on any atom is -0.400 e. The zero-order chi connectivity index (χ0) is 29.1. The summed E-state index contributed by atoms with van der Waals surface area (Å²) in [6, 6.07) is 9.75. The minimum absolute atomic E-state index is 0.00850. The Morgan fingerprint density at radius 2 is 1.87 bits per heavy atom. The molecule has 1 saturated heterocycles. The molecule has 1 heterocycles. The average Bonchev–Trinajstić information content (AvgIpc) is 2.94. The summed E-state index contributed by atoms with van der Waals surface area (Å²) in [7, 11) is 1.00. The summed E-state index contributed by atoms with van der Waals surface area (Å²) >= 11 is 0. The van der Waals surface area contributed by atoms with Crippen LogP contribution in [-0.4, -0.2) is 84.2 Å². The van der Waals surface area contributed by atoms with E-state index in [1.165, 1.54) is 35.2 Å². The normalized spacial score (nSPS) is 15.6. The fraction of sp³-hybridized carbons (Fsp3) is 0.407. The van der Waals surface area contributed by atoms with E-state index in [0.29, 0.717) is 24.3 Å². The van der Waals surface area contributed by atoms with Gasteiger partial charge >= 0.3 is 0 Å². The molecule has 212 valence electrons. The lowest BCUT2D eigenvalue weighted by molar-refractivity contribution is -0.150. The second-order valence-corrected chi connectivity index (χ2v) is 8.64. The van der Waals surface area contributed by atoms with Gasteiger partial charge in [0, 0.05) is 49.2 Å². The summed E-state index contributed by atoms with van der Waals surface area (Å²) in [5.41, 5.74) is 6.45. The molecular formula is C27H36FN5O6. The molecule has 12 heteroatoms. The lowest BCUT2D eigenvalue weighted by Gasteiger charge is -2.34. The Hall–Kier alpha value is -3.87. The van der Waals surface area contributed by atoms with Crippen LogP contribution in [0, 0.1) is 11.2 Å². The lowest BCUT2D eigenvalue weighted by Crippen LogP contribution is -2.55. The number of unbranched alkanes of at least 4 members (excludes halogenated alkanes) is 1. The molecule has 0 unspecified atom stereocenters. The van der Waals surface area contributed by atoms with Crippen LogP contribution in [0.1, 0.15) is 42.6 Å². The number of nitrogens with one attached hydrogen (secondary N) is 2. The zero-order valence-electron chi connectivity index (χ0n) is 22.3. The van der Waals surface area contributed by atoms with Gasteiger partial charge in [0.25, 0.3) is 17.7 Å². The molecule has 3 rings (SSSR count). The first-order chi connectivity index (χ1) is 18.7. The number of nitrogen functional groups attached to an aromatic ring is 1. The van der Waals surface area contributed by atoms with Gasteiger partial charge in [-0.15, -0.1) is 0 Å². The number of aliphatic hydroxyl groups excluding tert-OH is 2. The molecule has 6 N–H and O–H groups in total. The van der Waals surface area contributed by atoms with Gasteiger partial charge in [-0.25, -0.2) is 4.39 Å². The maximum atomic E-state index is 14.5. The van der Waals surface area contributed by atoms with Crippen LogP contribution in [0.25, 0.3) is 0 Å². The number of benzene rings is 2. The number of ether oxygens (including phenoxy) is 1. The molecule has 1 fully saturated rings. The fourth-order valence-corrected chi connectivity index (χ4v) is 3.96. The number of halogens is 1. The van der Waals surface area contributed by atoms with Gasteiger partial charge in [-0.05, 0) is 55.8 Å². The molecule has 39 heavy (non-hydrogen) atoms. The number of nitrogens with zero attached hydrogens (tertiary/aromatic N) is 2. The number of nitrogens with two attached hydrogens (primary N) is 1. The van der Waals surface area contributed by atoms with Crippen molar-refractivity contribution in [2.75, 3.05) is 43.6 Å². The third-order valence-corrected chi connectivity index (χ3v) is 6.03. The molecule has 2 aromatic rings. The molecular weight excluding hydrogens is 509 g/mol. The summed E-state index contributed by atoms with van der Waals surface area (Å²) in [6.45, 7) is 4.90. The number of amidine groups is 1. The Kier molecular flexibility index (Phi) is 12.0. The molecule has 0 saturated carbocycles. The van der Waals surface area contributed by atoms with Crippen molar-refractivity contribution < 1.29 is 33.7 Å². The Bertz CT molecular complexity index is 1160. The smallest absolute Gasteiger partial charge is 0.259 e. The maximum absolute atomic E-state index is 14.5. The van der Waals surface area contributed by atoms with Crippen molar-refractivity contribution in [3.8, 4) is 0 Å². The van der Waals surface area contributed by atoms with Crippen LogP contribution >= 0.6 is 0 Å². The number of carbonyl (C=O) groups is 3. The third kappa shape index (κ3) is 8.06. The second kappa shape index (κ2) is 14.9. The van der Waals surface area contributed by atoms with Crippen molar-refractivity contribution in [1.82, 2.24) is 4.90 Å². The molecule has 2 atom stereocenters. The zero-order valence-corrected chi connectivity index (χ0v) is 22.3. The van der Waals surface area contributed by atoms with E-state index in [9.17, 15) is 23.9 Å². The predicted octanol–water partition coefficient (Wildman–Crippen LogP) is 1.71. The van der Waals surface area contributed by atoms with E-state index in [1.807, 2.05) is 13.8 Å². The van der Waals surface area contributed by atoms with Gasteiger partial charge in [-0.3, -0.25) is 19.8 Å². The quantitative estimate of drug-likeness (QED) is 0.224. The molecule has 0 aromatic heterocycles. The van der Waals surface area contributed by atoms with Crippen molar-refractivity contribution in [3.05, 3.63) is 59.4 Å². The molecule has 0 spiro atoms. The van der Waals surface area contributed by atoms with E-state index in [0.717, 1.165) is 32.1 Å². The van der Waals surface area contributed by atoms with Gasteiger partial charge < -0.3 is 35.8 Å². The number of anilines is 2. The van der Waals surface area contributed by atoms with E-state index >= 15 is 0 Å². The first-order valence-corrected chi connectivity index (χ1v) is 12.6. The van der Waals surface area contributed by atoms with Gasteiger partial charge in [0.05, 0.1) is 6.61 Å². The van der Waals surface area contributed by atoms with Crippen LogP contribution in [0.15, 0.2) is 42.5 Å². The van der Waals surface area contributed by atoms with E-state index < -0.39 is 29.8 Å². The van der Waals surface area contributed by atoms with Crippen molar-refractivity contribution in [2.24, 2.45) is 5.73 Å². The van der Waals surface area contributed by atoms with Gasteiger partial charge in [-0.2, -0.15) is 0 Å². The van der Waals surface area contributed by atoms with Crippen LogP contribution in [0.5, 0.6) is 0 Å². The molecule has 3 amide bonds. The number of rotatable bonds is 10. The van der Waals surface area contributed by atoms with Crippen molar-refractivity contribution in [1.29, 1.82) is 5.41 Å². The maximum Gasteiger partial charge on any atom is 0.259 e. The number of morpholine rings is 1. The second-order valence-electron chi connectivity index (χ2n) is 8.64. The minimum atomic E-state index is -1.85. The Morgan fingerprint density at radius 1 is 1.21 bits per heavy atom. The van der Waals surface area contributed by atoms with Crippen molar-refractivity contribution in [3.63, 3.8) is 0 Å². The van der Waals surface area contributed by atoms with E-state index in [-0.39, 0.29) is 36.1 Å². The molecule has 2 aromatic carbocycles. The number of hydrogen-bond donors (Lipinski definition) is 5. The van der Waals surface area contributed by atoms with E-state index in [1.54, 1.807) is 4.90 Å². The van der Waals surface area contributed by atoms with E-state index in [2.05, 4.69) is 5.32 Å². The summed E-state index contributed by atoms with van der Waals surface area (Å²) in [5, 5.41) is 27.5. The SMILES string of the molecule is CCCCN(CC)C(=O)c1cc(F)cc(N2CCO[C@H]([C@@H](O)C(=O)Nc3ccc(C(=N)N)cc3)C2=O)c1.CO. The number of hydrogen-bond acceptors (Lipinski definition) is 7. The topological polar surface area (TPSA) is 169 Å². The molecule has 11 nitrogen and oxygen atoms in total. The monoisotopic (exact) mass is 545 g/mol. The number of aliphatic hydroxyl groups is 2. The Balaban J connectivity index is 0.00000260. The summed E-state index contributed by atoms with van der Waals surface area (Å²) in [5.74, 6) is -2.77. The summed E-state index contributed by atoms with van der Waals surface area (Å²) in [4.78, 5) is 41.6. The largest absolute Gasteiger partial charge is 0.400 e. The predicted molar refractivity (Wildman–Crippen MR) is 145 cm³/mol. The van der Waals surface area contributed by atoms with Crippen LogP contribution in [0.3, 0.4) is 0 Å². The molecule has 0 aliphatic carbocycles. The average molecular weight is 546 g/mol. The van der Waals surface area contributed by atoms with Gasteiger partial charge in [0.2, 0.25) is 0 Å². The van der Waals surface area contributed by atoms with Crippen LogP contribution < -0.4 is 16.0 Å². The Labute approximate surface area is 226 Å².